The molecule has 0 aliphatic rings. The Morgan fingerprint density at radius 1 is 1.04 bits per heavy atom. The zero-order valence-electron chi connectivity index (χ0n) is 14.1. The van der Waals surface area contributed by atoms with Gasteiger partial charge in [0, 0.05) is 29.9 Å². The number of anilines is 1. The van der Waals surface area contributed by atoms with Gasteiger partial charge in [0.05, 0.1) is 0 Å². The largest absolute Gasteiger partial charge is 0.339 e. The molecule has 1 N–H and O–H groups in total. The Kier molecular flexibility index (Phi) is 5.68. The van der Waals surface area contributed by atoms with Gasteiger partial charge < -0.3 is 10.2 Å². The zero-order chi connectivity index (χ0) is 17.7. The third-order valence-corrected chi connectivity index (χ3v) is 3.88. The van der Waals surface area contributed by atoms with Crippen molar-refractivity contribution < 1.29 is 14.0 Å². The molecule has 0 unspecified atom stereocenters. The lowest BCUT2D eigenvalue weighted by Gasteiger charge is -2.18. The molecule has 0 spiro atoms. The molecule has 0 atom stereocenters. The SMILES string of the molecule is CCN(CC)C(=O)c1ccc(NC(=O)c2cc(F)ccc2C)cc1. The van der Waals surface area contributed by atoms with Crippen LogP contribution in [0.15, 0.2) is 42.5 Å². The summed E-state index contributed by atoms with van der Waals surface area (Å²) in [6, 6.07) is 10.8. The lowest BCUT2D eigenvalue weighted by Crippen LogP contribution is -2.30. The van der Waals surface area contributed by atoms with Gasteiger partial charge in [-0.1, -0.05) is 6.07 Å². The first kappa shape index (κ1) is 17.7. The first-order valence-electron chi connectivity index (χ1n) is 7.93. The zero-order valence-corrected chi connectivity index (χ0v) is 14.1. The number of hydrogen-bond acceptors (Lipinski definition) is 2. The molecule has 0 heterocycles. The quantitative estimate of drug-likeness (QED) is 0.906. The molecule has 4 nitrogen and oxygen atoms in total. The number of aryl methyl sites for hydroxylation is 1. The molecule has 0 bridgehead atoms. The van der Waals surface area contributed by atoms with Crippen LogP contribution >= 0.6 is 0 Å². The van der Waals surface area contributed by atoms with E-state index in [1.54, 1.807) is 42.2 Å². The number of amides is 2. The highest BCUT2D eigenvalue weighted by Gasteiger charge is 2.13. The average molecular weight is 328 g/mol. The Hall–Kier alpha value is -2.69. The van der Waals surface area contributed by atoms with Gasteiger partial charge >= 0.3 is 0 Å². The van der Waals surface area contributed by atoms with Crippen LogP contribution in [-0.4, -0.2) is 29.8 Å². The molecule has 2 aromatic carbocycles. The summed E-state index contributed by atoms with van der Waals surface area (Å²) in [6.45, 7) is 6.90. The summed E-state index contributed by atoms with van der Waals surface area (Å²) in [5.41, 5.74) is 2.11. The molecule has 2 rings (SSSR count). The highest BCUT2D eigenvalue weighted by atomic mass is 19.1. The van der Waals surface area contributed by atoms with Gasteiger partial charge in [-0.2, -0.15) is 0 Å². The van der Waals surface area contributed by atoms with E-state index in [1.165, 1.54) is 12.1 Å². The van der Waals surface area contributed by atoms with Crippen molar-refractivity contribution in [1.29, 1.82) is 0 Å². The number of halogens is 1. The Labute approximate surface area is 141 Å². The molecule has 0 fully saturated rings. The van der Waals surface area contributed by atoms with Gasteiger partial charge in [-0.05, 0) is 62.7 Å². The maximum absolute atomic E-state index is 13.3. The minimum atomic E-state index is -0.453. The molecular weight excluding hydrogens is 307 g/mol. The van der Waals surface area contributed by atoms with E-state index in [0.29, 0.717) is 35.5 Å². The molecule has 0 aromatic heterocycles. The van der Waals surface area contributed by atoms with Crippen LogP contribution in [0.1, 0.15) is 40.1 Å². The second-order valence-corrected chi connectivity index (χ2v) is 5.47. The molecule has 0 aliphatic heterocycles. The molecule has 0 saturated heterocycles. The Morgan fingerprint density at radius 2 is 1.67 bits per heavy atom. The third-order valence-electron chi connectivity index (χ3n) is 3.88. The van der Waals surface area contributed by atoms with E-state index in [0.717, 1.165) is 0 Å². The maximum Gasteiger partial charge on any atom is 0.256 e. The fraction of sp³-hybridized carbons (Fsp3) is 0.263. The molecule has 2 amide bonds. The van der Waals surface area contributed by atoms with E-state index in [9.17, 15) is 14.0 Å². The van der Waals surface area contributed by atoms with Crippen LogP contribution in [-0.2, 0) is 0 Å². The number of nitrogens with one attached hydrogen (secondary N) is 1. The average Bonchev–Trinajstić information content (AvgIpc) is 2.58. The molecule has 126 valence electrons. The lowest BCUT2D eigenvalue weighted by molar-refractivity contribution is 0.0773. The molecule has 0 saturated carbocycles. The summed E-state index contributed by atoms with van der Waals surface area (Å²) < 4.78 is 13.3. The van der Waals surface area contributed by atoms with Crippen LogP contribution in [0.2, 0.25) is 0 Å². The highest BCUT2D eigenvalue weighted by molar-refractivity contribution is 6.05. The Balaban J connectivity index is 2.13. The second-order valence-electron chi connectivity index (χ2n) is 5.47. The minimum Gasteiger partial charge on any atom is -0.339 e. The Morgan fingerprint density at radius 3 is 2.25 bits per heavy atom. The van der Waals surface area contributed by atoms with E-state index in [1.807, 2.05) is 13.8 Å². The molecule has 2 aromatic rings. The van der Waals surface area contributed by atoms with E-state index < -0.39 is 5.82 Å². The summed E-state index contributed by atoms with van der Waals surface area (Å²) in [5, 5.41) is 2.72. The van der Waals surface area contributed by atoms with Gasteiger partial charge in [0.25, 0.3) is 11.8 Å². The van der Waals surface area contributed by atoms with Crippen LogP contribution < -0.4 is 5.32 Å². The third kappa shape index (κ3) is 3.98. The van der Waals surface area contributed by atoms with Gasteiger partial charge in [0.15, 0.2) is 0 Å². The van der Waals surface area contributed by atoms with Crippen molar-refractivity contribution in [2.45, 2.75) is 20.8 Å². The number of benzene rings is 2. The van der Waals surface area contributed by atoms with Crippen LogP contribution in [0.3, 0.4) is 0 Å². The number of carbonyl (C=O) groups is 2. The van der Waals surface area contributed by atoms with Crippen molar-refractivity contribution >= 4 is 17.5 Å². The first-order chi connectivity index (χ1) is 11.5. The summed E-state index contributed by atoms with van der Waals surface area (Å²) in [6.07, 6.45) is 0. The van der Waals surface area contributed by atoms with Crippen molar-refractivity contribution in [2.24, 2.45) is 0 Å². The predicted octanol–water partition coefficient (Wildman–Crippen LogP) is 3.87. The molecule has 24 heavy (non-hydrogen) atoms. The lowest BCUT2D eigenvalue weighted by atomic mass is 10.1. The Bertz CT molecular complexity index is 738. The van der Waals surface area contributed by atoms with Crippen LogP contribution in [0.4, 0.5) is 10.1 Å². The number of carbonyl (C=O) groups excluding carboxylic acids is 2. The molecule has 0 aliphatic carbocycles. The van der Waals surface area contributed by atoms with E-state index in [-0.39, 0.29) is 11.8 Å². The smallest absolute Gasteiger partial charge is 0.256 e. The predicted molar refractivity (Wildman–Crippen MR) is 92.8 cm³/mol. The summed E-state index contributed by atoms with van der Waals surface area (Å²) in [5.74, 6) is -0.875. The monoisotopic (exact) mass is 328 g/mol. The van der Waals surface area contributed by atoms with Gasteiger partial charge in [-0.15, -0.1) is 0 Å². The standard InChI is InChI=1S/C19H21FN2O2/c1-4-22(5-2)19(24)14-7-10-16(11-8-14)21-18(23)17-12-15(20)9-6-13(17)3/h6-12H,4-5H2,1-3H3,(H,21,23). The molecule has 5 heteroatoms. The van der Waals surface area contributed by atoms with Gasteiger partial charge in [0.1, 0.15) is 5.82 Å². The van der Waals surface area contributed by atoms with Crippen molar-refractivity contribution in [3.8, 4) is 0 Å². The number of nitrogens with zero attached hydrogens (tertiary/aromatic N) is 1. The maximum atomic E-state index is 13.3. The molecule has 0 radical (unpaired) electrons. The number of rotatable bonds is 5. The van der Waals surface area contributed by atoms with E-state index >= 15 is 0 Å². The second kappa shape index (κ2) is 7.73. The van der Waals surface area contributed by atoms with Gasteiger partial charge in [-0.3, -0.25) is 9.59 Å². The van der Waals surface area contributed by atoms with Crippen LogP contribution in [0.5, 0.6) is 0 Å². The number of hydrogen-bond donors (Lipinski definition) is 1. The fourth-order valence-corrected chi connectivity index (χ4v) is 2.43. The van der Waals surface area contributed by atoms with Crippen molar-refractivity contribution in [1.82, 2.24) is 4.90 Å². The fourth-order valence-electron chi connectivity index (χ4n) is 2.43. The van der Waals surface area contributed by atoms with E-state index in [2.05, 4.69) is 5.32 Å². The van der Waals surface area contributed by atoms with Crippen LogP contribution in [0.25, 0.3) is 0 Å². The summed E-state index contributed by atoms with van der Waals surface area (Å²) >= 11 is 0. The highest BCUT2D eigenvalue weighted by Crippen LogP contribution is 2.15. The van der Waals surface area contributed by atoms with Gasteiger partial charge in [-0.25, -0.2) is 4.39 Å². The van der Waals surface area contributed by atoms with Crippen molar-refractivity contribution in [3.05, 3.63) is 65.0 Å². The minimum absolute atomic E-state index is 0.0427. The first-order valence-corrected chi connectivity index (χ1v) is 7.93. The van der Waals surface area contributed by atoms with Gasteiger partial charge in [0.2, 0.25) is 0 Å². The summed E-state index contributed by atoms with van der Waals surface area (Å²) in [4.78, 5) is 26.2. The van der Waals surface area contributed by atoms with Crippen molar-refractivity contribution in [3.63, 3.8) is 0 Å². The van der Waals surface area contributed by atoms with Crippen LogP contribution in [0, 0.1) is 12.7 Å². The normalized spacial score (nSPS) is 10.3. The topological polar surface area (TPSA) is 49.4 Å². The van der Waals surface area contributed by atoms with E-state index in [4.69, 9.17) is 0 Å². The van der Waals surface area contributed by atoms with Crippen molar-refractivity contribution in [2.75, 3.05) is 18.4 Å². The molecular formula is C19H21FN2O2. The summed E-state index contributed by atoms with van der Waals surface area (Å²) in [7, 11) is 0.